The summed E-state index contributed by atoms with van der Waals surface area (Å²) in [6.45, 7) is 3.83. The van der Waals surface area contributed by atoms with E-state index in [0.717, 1.165) is 0 Å². The molecule has 0 amide bonds. The molecular formula is C12H15ClO3S. The van der Waals surface area contributed by atoms with Crippen LogP contribution in [0.1, 0.15) is 20.3 Å². The molecule has 1 rings (SSSR count). The van der Waals surface area contributed by atoms with Crippen LogP contribution in [0.2, 0.25) is 5.02 Å². The average molecular weight is 275 g/mol. The molecular weight excluding hydrogens is 260 g/mol. The van der Waals surface area contributed by atoms with Gasteiger partial charge in [0.15, 0.2) is 0 Å². The Bertz CT molecular complexity index is 420. The van der Waals surface area contributed by atoms with Crippen molar-refractivity contribution in [2.24, 2.45) is 0 Å². The van der Waals surface area contributed by atoms with Gasteiger partial charge in [-0.05, 0) is 26.0 Å². The zero-order valence-electron chi connectivity index (χ0n) is 9.81. The summed E-state index contributed by atoms with van der Waals surface area (Å²) in [6, 6.07) is 6.95. The fourth-order valence-corrected chi connectivity index (χ4v) is 2.91. The van der Waals surface area contributed by atoms with Gasteiger partial charge in [0, 0.05) is 5.25 Å². The van der Waals surface area contributed by atoms with E-state index in [4.69, 9.17) is 16.3 Å². The molecule has 0 N–H and O–H groups in total. The third kappa shape index (κ3) is 4.13. The Morgan fingerprint density at radius 1 is 1.47 bits per heavy atom. The maximum Gasteiger partial charge on any atom is 0.306 e. The second-order valence-corrected chi connectivity index (χ2v) is 5.79. The quantitative estimate of drug-likeness (QED) is 0.776. The number of rotatable bonds is 5. The first-order valence-electron chi connectivity index (χ1n) is 5.37. The maximum atomic E-state index is 12.1. The largest absolute Gasteiger partial charge is 0.466 e. The molecule has 94 valence electrons. The van der Waals surface area contributed by atoms with Gasteiger partial charge in [0.1, 0.15) is 0 Å². The Morgan fingerprint density at radius 3 is 2.71 bits per heavy atom. The van der Waals surface area contributed by atoms with Crippen LogP contribution in [0.5, 0.6) is 0 Å². The summed E-state index contributed by atoms with van der Waals surface area (Å²) in [6.07, 6.45) is 0.131. The predicted octanol–water partition coefficient (Wildman–Crippen LogP) is 2.79. The van der Waals surface area contributed by atoms with E-state index in [1.165, 1.54) is 0 Å². The zero-order valence-corrected chi connectivity index (χ0v) is 11.4. The van der Waals surface area contributed by atoms with Crippen molar-refractivity contribution < 1.29 is 13.7 Å². The molecule has 0 heterocycles. The lowest BCUT2D eigenvalue weighted by atomic mass is 10.3. The zero-order chi connectivity index (χ0) is 12.8. The summed E-state index contributed by atoms with van der Waals surface area (Å²) in [5.74, 6) is -0.333. The maximum absolute atomic E-state index is 12.1. The molecule has 0 aliphatic heterocycles. The first-order valence-corrected chi connectivity index (χ1v) is 6.96. The van der Waals surface area contributed by atoms with E-state index in [9.17, 15) is 9.00 Å². The number of hydrogen-bond acceptors (Lipinski definition) is 3. The van der Waals surface area contributed by atoms with Crippen LogP contribution < -0.4 is 0 Å². The summed E-state index contributed by atoms with van der Waals surface area (Å²) in [7, 11) is -1.30. The summed E-state index contributed by atoms with van der Waals surface area (Å²) in [5, 5.41) is 0.149. The molecule has 0 aliphatic carbocycles. The summed E-state index contributed by atoms with van der Waals surface area (Å²) >= 11 is 5.95. The van der Waals surface area contributed by atoms with Crippen LogP contribution in [0.3, 0.4) is 0 Å². The third-order valence-electron chi connectivity index (χ3n) is 2.18. The molecule has 0 aliphatic rings. The smallest absolute Gasteiger partial charge is 0.306 e. The first-order chi connectivity index (χ1) is 8.06. The fourth-order valence-electron chi connectivity index (χ4n) is 1.35. The number of esters is 1. The van der Waals surface area contributed by atoms with Crippen LogP contribution in [0, 0.1) is 0 Å². The van der Waals surface area contributed by atoms with Crippen LogP contribution in [0.4, 0.5) is 0 Å². The highest BCUT2D eigenvalue weighted by molar-refractivity contribution is 7.85. The number of halogens is 1. The van der Waals surface area contributed by atoms with E-state index in [2.05, 4.69) is 0 Å². The molecule has 0 radical (unpaired) electrons. The Morgan fingerprint density at radius 2 is 2.12 bits per heavy atom. The monoisotopic (exact) mass is 274 g/mol. The van der Waals surface area contributed by atoms with Gasteiger partial charge in [-0.3, -0.25) is 9.00 Å². The van der Waals surface area contributed by atoms with Gasteiger partial charge in [-0.2, -0.15) is 0 Å². The first kappa shape index (κ1) is 14.2. The van der Waals surface area contributed by atoms with Crippen LogP contribution in [-0.2, 0) is 20.3 Å². The van der Waals surface area contributed by atoms with Crippen molar-refractivity contribution in [3.05, 3.63) is 29.3 Å². The number of hydrogen-bond donors (Lipinski definition) is 0. The Hall–Kier alpha value is -0.870. The minimum absolute atomic E-state index is 0.131. The van der Waals surface area contributed by atoms with Crippen LogP contribution in [0.25, 0.3) is 0 Å². The van der Waals surface area contributed by atoms with Gasteiger partial charge in [-0.15, -0.1) is 0 Å². The fraction of sp³-hybridized carbons (Fsp3) is 0.417. The van der Waals surface area contributed by atoms with Crippen LogP contribution in [-0.4, -0.2) is 22.0 Å². The number of carbonyl (C=O) groups excluding carboxylic acids is 1. The van der Waals surface area contributed by atoms with Gasteiger partial charge < -0.3 is 4.74 Å². The molecule has 1 aromatic rings. The van der Waals surface area contributed by atoms with Gasteiger partial charge in [0.05, 0.1) is 33.7 Å². The van der Waals surface area contributed by atoms with Crippen LogP contribution >= 0.6 is 11.6 Å². The molecule has 0 spiro atoms. The molecule has 3 nitrogen and oxygen atoms in total. The molecule has 5 heteroatoms. The highest BCUT2D eigenvalue weighted by atomic mass is 35.5. The summed E-state index contributed by atoms with van der Waals surface area (Å²) in [4.78, 5) is 11.8. The average Bonchev–Trinajstić information content (AvgIpc) is 2.29. The standard InChI is InChI=1S/C12H15ClO3S/c1-3-16-12(14)8-9(2)17(15)11-7-5-4-6-10(11)13/h4-7,9H,3,8H2,1-2H3. The topological polar surface area (TPSA) is 43.4 Å². The van der Waals surface area contributed by atoms with Crippen molar-refractivity contribution in [2.45, 2.75) is 30.4 Å². The van der Waals surface area contributed by atoms with Gasteiger partial charge in [-0.25, -0.2) is 0 Å². The van der Waals surface area contributed by atoms with Crippen molar-refractivity contribution in [3.8, 4) is 0 Å². The van der Waals surface area contributed by atoms with Gasteiger partial charge in [-0.1, -0.05) is 23.7 Å². The van der Waals surface area contributed by atoms with Crippen molar-refractivity contribution in [1.29, 1.82) is 0 Å². The Balaban J connectivity index is 2.70. The summed E-state index contributed by atoms with van der Waals surface area (Å²) < 4.78 is 16.9. The van der Waals surface area contributed by atoms with Gasteiger partial charge in [0.2, 0.25) is 0 Å². The Kier molecular flexibility index (Phi) is 5.65. The van der Waals surface area contributed by atoms with Crippen molar-refractivity contribution in [1.82, 2.24) is 0 Å². The molecule has 0 fully saturated rings. The molecule has 0 saturated heterocycles. The Labute approximate surface area is 109 Å². The SMILES string of the molecule is CCOC(=O)CC(C)S(=O)c1ccccc1Cl. The van der Waals surface area contributed by atoms with Gasteiger partial charge in [0.25, 0.3) is 0 Å². The van der Waals surface area contributed by atoms with E-state index in [-0.39, 0.29) is 17.6 Å². The van der Waals surface area contributed by atoms with Crippen LogP contribution in [0.15, 0.2) is 29.2 Å². The highest BCUT2D eigenvalue weighted by Crippen LogP contribution is 2.22. The number of ether oxygens (including phenoxy) is 1. The molecule has 2 unspecified atom stereocenters. The van der Waals surface area contributed by atoms with Crippen molar-refractivity contribution >= 4 is 28.4 Å². The highest BCUT2D eigenvalue weighted by Gasteiger charge is 2.19. The molecule has 17 heavy (non-hydrogen) atoms. The predicted molar refractivity (Wildman–Crippen MR) is 68.6 cm³/mol. The van der Waals surface area contributed by atoms with Crippen molar-refractivity contribution in [3.63, 3.8) is 0 Å². The van der Waals surface area contributed by atoms with E-state index < -0.39 is 10.8 Å². The molecule has 0 aromatic heterocycles. The van der Waals surface area contributed by atoms with E-state index in [1.54, 1.807) is 38.1 Å². The second kappa shape index (κ2) is 6.77. The molecule has 0 bridgehead atoms. The lowest BCUT2D eigenvalue weighted by Crippen LogP contribution is -2.18. The second-order valence-electron chi connectivity index (χ2n) is 3.55. The van der Waals surface area contributed by atoms with E-state index in [0.29, 0.717) is 16.5 Å². The lowest BCUT2D eigenvalue weighted by molar-refractivity contribution is -0.143. The number of benzene rings is 1. The van der Waals surface area contributed by atoms with E-state index in [1.807, 2.05) is 0 Å². The molecule has 2 atom stereocenters. The van der Waals surface area contributed by atoms with E-state index >= 15 is 0 Å². The lowest BCUT2D eigenvalue weighted by Gasteiger charge is -2.11. The number of carbonyl (C=O) groups is 1. The normalized spacial score (nSPS) is 14.1. The van der Waals surface area contributed by atoms with Crippen molar-refractivity contribution in [2.75, 3.05) is 6.61 Å². The summed E-state index contributed by atoms with van der Waals surface area (Å²) in [5.41, 5.74) is 0. The minimum Gasteiger partial charge on any atom is -0.466 e. The third-order valence-corrected chi connectivity index (χ3v) is 4.31. The molecule has 0 saturated carbocycles. The van der Waals surface area contributed by atoms with Gasteiger partial charge >= 0.3 is 5.97 Å². The molecule has 1 aromatic carbocycles. The minimum atomic E-state index is -1.30.